The van der Waals surface area contributed by atoms with Crippen LogP contribution >= 0.6 is 0 Å². The molecular formula is C25H25N6O3W-. The summed E-state index contributed by atoms with van der Waals surface area (Å²) in [6.07, 6.45) is 9.56. The predicted molar refractivity (Wildman–Crippen MR) is 134 cm³/mol. The largest absolute Gasteiger partial charge is 0.506 e. The molecule has 180 valence electrons. The van der Waals surface area contributed by atoms with Crippen LogP contribution in [0.2, 0.25) is 0 Å². The zero-order valence-electron chi connectivity index (χ0n) is 19.4. The average molecular weight is 641 g/mol. The Hall–Kier alpha value is -3.84. The van der Waals surface area contributed by atoms with E-state index in [-0.39, 0.29) is 38.2 Å². The van der Waals surface area contributed by atoms with Crippen molar-refractivity contribution in [2.24, 2.45) is 4.99 Å². The van der Waals surface area contributed by atoms with Crippen LogP contribution in [0.5, 0.6) is 5.75 Å². The molecule has 0 bridgehead atoms. The molecule has 6 rings (SSSR count). The van der Waals surface area contributed by atoms with E-state index in [0.29, 0.717) is 23.4 Å². The smallest absolute Gasteiger partial charge is 0.220 e. The standard InChI is InChI=1S/C9H10N2O.C8H8N2O.C8H7N2O.W/c1-5-4-11-9-7(5)2-6(10)3-8(9)12;1-5-2-10-8-6(5)3-9-4-7(8)11;1-5-4-10-7-6(5)2-3-9-8(7)11;/h2-4,11-12H,10H2,1H3;2,4,10H,3H2,1H3;2,4,10H,1H3,(H,9,11);/q;;-1;. The molecule has 10 heteroatoms. The number of aromatic amines is 4. The first kappa shape index (κ1) is 25.8. The van der Waals surface area contributed by atoms with E-state index in [0.717, 1.165) is 38.5 Å². The van der Waals surface area contributed by atoms with Crippen LogP contribution in [0.15, 0.2) is 46.6 Å². The SMILES string of the molecule is Cc1c[nH]c2c(=O)[nH][c-]cc12.Cc1c[nH]c2c(O)cc(N)cc12.Cc1c[nH]c2c1CN=CC2=O.[W]. The van der Waals surface area contributed by atoms with Crippen molar-refractivity contribution in [3.8, 4) is 5.75 Å². The maximum absolute atomic E-state index is 11.1. The molecule has 0 aliphatic carbocycles. The first-order chi connectivity index (χ1) is 16.3. The molecular weight excluding hydrogens is 616 g/mol. The van der Waals surface area contributed by atoms with Crippen molar-refractivity contribution in [2.75, 3.05) is 5.73 Å². The average Bonchev–Trinajstić information content (AvgIpc) is 3.49. The van der Waals surface area contributed by atoms with E-state index in [1.54, 1.807) is 6.07 Å². The number of anilines is 1. The number of aromatic hydroxyl groups is 1. The van der Waals surface area contributed by atoms with Crippen molar-refractivity contribution in [1.29, 1.82) is 0 Å². The fourth-order valence-corrected chi connectivity index (χ4v) is 3.77. The van der Waals surface area contributed by atoms with Crippen LogP contribution in [0.1, 0.15) is 32.7 Å². The molecule has 0 spiro atoms. The Labute approximate surface area is 215 Å². The number of hydrogen-bond donors (Lipinski definition) is 6. The number of nitrogens with one attached hydrogen (secondary N) is 4. The second-order valence-electron chi connectivity index (χ2n) is 8.10. The van der Waals surface area contributed by atoms with Crippen LogP contribution in [0.4, 0.5) is 5.69 Å². The van der Waals surface area contributed by atoms with Gasteiger partial charge in [-0.15, -0.1) is 11.6 Å². The Balaban J connectivity index is 0.000000145. The maximum atomic E-state index is 11.1. The summed E-state index contributed by atoms with van der Waals surface area (Å²) in [5.41, 5.74) is 12.5. The number of fused-ring (bicyclic) bond motifs is 3. The number of carbonyl (C=O) groups is 1. The molecule has 1 aromatic carbocycles. The van der Waals surface area contributed by atoms with Crippen molar-refractivity contribution >= 4 is 39.5 Å². The minimum Gasteiger partial charge on any atom is -0.506 e. The summed E-state index contributed by atoms with van der Waals surface area (Å²) in [6, 6.07) is 5.15. The number of aliphatic imine (C=N–C) groups is 1. The summed E-state index contributed by atoms with van der Waals surface area (Å²) in [5.74, 6) is 0.192. The molecule has 4 aromatic heterocycles. The van der Waals surface area contributed by atoms with E-state index in [1.807, 2.05) is 45.4 Å². The zero-order chi connectivity index (χ0) is 24.4. The van der Waals surface area contributed by atoms with Crippen molar-refractivity contribution in [1.82, 2.24) is 19.9 Å². The minimum atomic E-state index is -0.115. The second kappa shape index (κ2) is 10.6. The van der Waals surface area contributed by atoms with Crippen LogP contribution in [-0.2, 0) is 27.6 Å². The molecule has 9 nitrogen and oxygen atoms in total. The summed E-state index contributed by atoms with van der Waals surface area (Å²) in [6.45, 7) is 6.53. The number of benzene rings is 1. The quantitative estimate of drug-likeness (QED) is 0.112. The van der Waals surface area contributed by atoms with E-state index in [2.05, 4.69) is 31.1 Å². The van der Waals surface area contributed by atoms with Gasteiger partial charge in [0, 0.05) is 56.2 Å². The fourth-order valence-electron chi connectivity index (χ4n) is 3.77. The molecule has 35 heavy (non-hydrogen) atoms. The Morgan fingerprint density at radius 3 is 2.29 bits per heavy atom. The van der Waals surface area contributed by atoms with Crippen LogP contribution in [0, 0.1) is 27.0 Å². The number of H-pyrrole nitrogens is 4. The number of rotatable bonds is 0. The molecule has 0 unspecified atom stereocenters. The Morgan fingerprint density at radius 2 is 1.60 bits per heavy atom. The van der Waals surface area contributed by atoms with Crippen molar-refractivity contribution in [3.05, 3.63) is 81.3 Å². The van der Waals surface area contributed by atoms with Gasteiger partial charge in [0.1, 0.15) is 5.75 Å². The Kier molecular flexibility index (Phi) is 7.81. The van der Waals surface area contributed by atoms with E-state index in [4.69, 9.17) is 5.73 Å². The number of nitrogens with two attached hydrogens (primary N) is 1. The fraction of sp³-hybridized carbons (Fsp3) is 0.160. The van der Waals surface area contributed by atoms with Gasteiger partial charge in [0.25, 0.3) is 0 Å². The number of aryl methyl sites for hydroxylation is 3. The number of ketones is 1. The van der Waals surface area contributed by atoms with E-state index in [1.165, 1.54) is 12.3 Å². The number of phenols is 1. The molecule has 0 saturated heterocycles. The molecule has 7 N–H and O–H groups in total. The van der Waals surface area contributed by atoms with E-state index in [9.17, 15) is 14.7 Å². The van der Waals surface area contributed by atoms with Crippen LogP contribution in [-0.4, -0.2) is 37.0 Å². The Bertz CT molecular complexity index is 1590. The van der Waals surface area contributed by atoms with Gasteiger partial charge in [-0.25, -0.2) is 0 Å². The first-order valence-corrected chi connectivity index (χ1v) is 10.6. The number of phenolic OH excluding ortho intramolecular Hbond substituents is 1. The first-order valence-electron chi connectivity index (χ1n) is 10.6. The number of nitrogen functional groups attached to an aromatic ring is 1. The molecule has 5 aromatic rings. The van der Waals surface area contributed by atoms with Gasteiger partial charge >= 0.3 is 0 Å². The van der Waals surface area contributed by atoms with Gasteiger partial charge in [-0.2, -0.15) is 6.07 Å². The molecule has 1 aliphatic heterocycles. The summed E-state index contributed by atoms with van der Waals surface area (Å²) < 4.78 is 0. The third-order valence-electron chi connectivity index (χ3n) is 5.67. The second-order valence-corrected chi connectivity index (χ2v) is 8.10. The van der Waals surface area contributed by atoms with Gasteiger partial charge in [0.15, 0.2) is 5.56 Å². The Morgan fingerprint density at radius 1 is 0.943 bits per heavy atom. The minimum absolute atomic E-state index is 0. The summed E-state index contributed by atoms with van der Waals surface area (Å²) in [4.78, 5) is 37.4. The number of hydrogen-bond acceptors (Lipinski definition) is 5. The van der Waals surface area contributed by atoms with Gasteiger partial charge in [-0.05, 0) is 49.7 Å². The van der Waals surface area contributed by atoms with E-state index >= 15 is 0 Å². The third kappa shape index (κ3) is 5.30. The molecule has 0 fully saturated rings. The molecule has 1 aliphatic rings. The van der Waals surface area contributed by atoms with Gasteiger partial charge in [0.05, 0.1) is 24.0 Å². The van der Waals surface area contributed by atoms with Crippen molar-refractivity contribution in [3.63, 3.8) is 0 Å². The summed E-state index contributed by atoms with van der Waals surface area (Å²) in [5, 5.41) is 11.4. The number of pyridine rings is 1. The predicted octanol–water partition coefficient (Wildman–Crippen LogP) is 3.82. The summed E-state index contributed by atoms with van der Waals surface area (Å²) >= 11 is 0. The third-order valence-corrected chi connectivity index (χ3v) is 5.67. The van der Waals surface area contributed by atoms with Gasteiger partial charge < -0.3 is 35.6 Å². The monoisotopic (exact) mass is 641 g/mol. The molecule has 0 amide bonds. The van der Waals surface area contributed by atoms with Crippen LogP contribution in [0.3, 0.4) is 0 Å². The molecule has 0 saturated carbocycles. The topological polar surface area (TPSA) is 156 Å². The van der Waals surface area contributed by atoms with Gasteiger partial charge in [-0.3, -0.25) is 9.79 Å². The maximum Gasteiger partial charge on any atom is 0.220 e. The van der Waals surface area contributed by atoms with Crippen molar-refractivity contribution < 1.29 is 31.0 Å². The van der Waals surface area contributed by atoms with Gasteiger partial charge in [0.2, 0.25) is 5.78 Å². The van der Waals surface area contributed by atoms with Crippen molar-refractivity contribution in [2.45, 2.75) is 27.3 Å². The van der Waals surface area contributed by atoms with E-state index < -0.39 is 0 Å². The summed E-state index contributed by atoms with van der Waals surface area (Å²) in [7, 11) is 0. The molecule has 5 heterocycles. The van der Waals surface area contributed by atoms with Gasteiger partial charge in [-0.1, -0.05) is 5.56 Å². The molecule has 0 radical (unpaired) electrons. The van der Waals surface area contributed by atoms with Crippen LogP contribution in [0.25, 0.3) is 21.8 Å². The number of Topliss-reactive ketones (excluding diaryl/α,β-unsaturated/α-hetero) is 1. The number of carbonyl (C=O) groups excluding carboxylic acids is 1. The molecule has 0 atom stereocenters. The number of aromatic nitrogens is 4. The van der Waals surface area contributed by atoms with Crippen LogP contribution < -0.4 is 11.3 Å². The zero-order valence-corrected chi connectivity index (χ0v) is 22.4. The number of nitrogens with zero attached hydrogens (tertiary/aromatic N) is 1. The normalized spacial score (nSPS) is 11.8.